The van der Waals surface area contributed by atoms with Crippen molar-refractivity contribution >= 4 is 5.69 Å². The SMILES string of the molecule is COc1ccc(NC2CCCN(C)C2)c(C)c1. The molecule has 1 atom stereocenters. The lowest BCUT2D eigenvalue weighted by Gasteiger charge is -2.31. The van der Waals surface area contributed by atoms with E-state index in [4.69, 9.17) is 4.74 Å². The molecule has 17 heavy (non-hydrogen) atoms. The van der Waals surface area contributed by atoms with Gasteiger partial charge in [-0.05, 0) is 57.1 Å². The number of ether oxygens (including phenoxy) is 1. The van der Waals surface area contributed by atoms with Gasteiger partial charge in [0.2, 0.25) is 0 Å². The molecule has 1 unspecified atom stereocenters. The van der Waals surface area contributed by atoms with Crippen LogP contribution in [-0.4, -0.2) is 38.2 Å². The summed E-state index contributed by atoms with van der Waals surface area (Å²) in [4.78, 5) is 2.39. The van der Waals surface area contributed by atoms with E-state index in [1.807, 2.05) is 6.07 Å². The molecule has 3 heteroatoms. The molecule has 0 amide bonds. The van der Waals surface area contributed by atoms with Gasteiger partial charge in [-0.1, -0.05) is 0 Å². The van der Waals surface area contributed by atoms with Gasteiger partial charge < -0.3 is 15.0 Å². The van der Waals surface area contributed by atoms with Crippen LogP contribution in [0.15, 0.2) is 18.2 Å². The van der Waals surface area contributed by atoms with Gasteiger partial charge in [-0.3, -0.25) is 0 Å². The summed E-state index contributed by atoms with van der Waals surface area (Å²) in [6.45, 7) is 4.47. The van der Waals surface area contributed by atoms with Gasteiger partial charge in [0.15, 0.2) is 0 Å². The van der Waals surface area contributed by atoms with Crippen LogP contribution in [0.1, 0.15) is 18.4 Å². The van der Waals surface area contributed by atoms with Gasteiger partial charge in [-0.15, -0.1) is 0 Å². The number of anilines is 1. The summed E-state index contributed by atoms with van der Waals surface area (Å²) in [6, 6.07) is 6.78. The second kappa shape index (κ2) is 5.41. The first-order valence-corrected chi connectivity index (χ1v) is 6.29. The molecule has 0 bridgehead atoms. The maximum Gasteiger partial charge on any atom is 0.119 e. The van der Waals surface area contributed by atoms with Crippen LogP contribution in [0.25, 0.3) is 0 Å². The zero-order valence-corrected chi connectivity index (χ0v) is 11.0. The molecule has 1 heterocycles. The number of hydrogen-bond acceptors (Lipinski definition) is 3. The molecule has 2 rings (SSSR count). The first kappa shape index (κ1) is 12.2. The molecule has 1 aromatic rings. The molecule has 0 aliphatic carbocycles. The Morgan fingerprint density at radius 1 is 1.41 bits per heavy atom. The molecule has 1 fully saturated rings. The summed E-state index contributed by atoms with van der Waals surface area (Å²) in [5.74, 6) is 0.925. The third kappa shape index (κ3) is 3.13. The van der Waals surface area contributed by atoms with E-state index in [-0.39, 0.29) is 0 Å². The molecule has 94 valence electrons. The minimum absolute atomic E-state index is 0.570. The Morgan fingerprint density at radius 3 is 2.88 bits per heavy atom. The molecule has 0 spiro atoms. The summed E-state index contributed by atoms with van der Waals surface area (Å²) in [5.41, 5.74) is 2.48. The van der Waals surface area contributed by atoms with Crippen LogP contribution < -0.4 is 10.1 Å². The highest BCUT2D eigenvalue weighted by Crippen LogP contribution is 2.23. The molecule has 1 aliphatic rings. The molecule has 1 N–H and O–H groups in total. The molecular formula is C14H22N2O. The van der Waals surface area contributed by atoms with E-state index in [1.165, 1.54) is 30.6 Å². The van der Waals surface area contributed by atoms with Crippen LogP contribution in [-0.2, 0) is 0 Å². The topological polar surface area (TPSA) is 24.5 Å². The van der Waals surface area contributed by atoms with Gasteiger partial charge in [-0.2, -0.15) is 0 Å². The van der Waals surface area contributed by atoms with E-state index in [0.29, 0.717) is 6.04 Å². The highest BCUT2D eigenvalue weighted by molar-refractivity contribution is 5.54. The number of nitrogens with one attached hydrogen (secondary N) is 1. The van der Waals surface area contributed by atoms with Gasteiger partial charge >= 0.3 is 0 Å². The second-order valence-electron chi connectivity index (χ2n) is 4.93. The van der Waals surface area contributed by atoms with E-state index in [0.717, 1.165) is 12.3 Å². The predicted molar refractivity (Wildman–Crippen MR) is 71.9 cm³/mol. The largest absolute Gasteiger partial charge is 0.497 e. The Bertz CT molecular complexity index is 378. The smallest absolute Gasteiger partial charge is 0.119 e. The van der Waals surface area contributed by atoms with Crippen molar-refractivity contribution in [2.45, 2.75) is 25.8 Å². The Kier molecular flexibility index (Phi) is 3.89. The quantitative estimate of drug-likeness (QED) is 0.869. The average Bonchev–Trinajstić information content (AvgIpc) is 2.32. The minimum atomic E-state index is 0.570. The molecule has 1 aromatic carbocycles. The van der Waals surface area contributed by atoms with Crippen molar-refractivity contribution in [2.24, 2.45) is 0 Å². The fourth-order valence-electron chi connectivity index (χ4n) is 2.43. The number of aryl methyl sites for hydroxylation is 1. The van der Waals surface area contributed by atoms with Gasteiger partial charge in [0.1, 0.15) is 5.75 Å². The van der Waals surface area contributed by atoms with Crippen molar-refractivity contribution < 1.29 is 4.74 Å². The molecule has 0 saturated carbocycles. The van der Waals surface area contributed by atoms with Crippen molar-refractivity contribution in [2.75, 3.05) is 32.6 Å². The average molecular weight is 234 g/mol. The predicted octanol–water partition coefficient (Wildman–Crippen LogP) is 2.51. The third-order valence-corrected chi connectivity index (χ3v) is 3.42. The number of methoxy groups -OCH3 is 1. The first-order valence-electron chi connectivity index (χ1n) is 6.29. The Balaban J connectivity index is 2.02. The summed E-state index contributed by atoms with van der Waals surface area (Å²) >= 11 is 0. The van der Waals surface area contributed by atoms with Crippen molar-refractivity contribution in [1.82, 2.24) is 4.90 Å². The summed E-state index contributed by atoms with van der Waals surface area (Å²) in [6.07, 6.45) is 2.54. The van der Waals surface area contributed by atoms with Crippen molar-refractivity contribution in [3.63, 3.8) is 0 Å². The van der Waals surface area contributed by atoms with Crippen LogP contribution in [0.5, 0.6) is 5.75 Å². The molecule has 0 aromatic heterocycles. The highest BCUT2D eigenvalue weighted by atomic mass is 16.5. The Labute approximate surface area is 104 Å². The molecule has 1 saturated heterocycles. The van der Waals surface area contributed by atoms with Crippen LogP contribution in [0.3, 0.4) is 0 Å². The zero-order valence-electron chi connectivity index (χ0n) is 11.0. The standard InChI is InChI=1S/C14H22N2O/c1-11-9-13(17-3)6-7-14(11)15-12-5-4-8-16(2)10-12/h6-7,9,12,15H,4-5,8,10H2,1-3H3. The van der Waals surface area contributed by atoms with Crippen molar-refractivity contribution in [3.05, 3.63) is 23.8 Å². The van der Waals surface area contributed by atoms with Gasteiger partial charge in [0.05, 0.1) is 7.11 Å². The van der Waals surface area contributed by atoms with Crippen molar-refractivity contribution in [1.29, 1.82) is 0 Å². The molecule has 1 aliphatic heterocycles. The lowest BCUT2D eigenvalue weighted by molar-refractivity contribution is 0.261. The Morgan fingerprint density at radius 2 is 2.24 bits per heavy atom. The van der Waals surface area contributed by atoms with E-state index in [9.17, 15) is 0 Å². The van der Waals surface area contributed by atoms with Crippen LogP contribution >= 0.6 is 0 Å². The minimum Gasteiger partial charge on any atom is -0.497 e. The van der Waals surface area contributed by atoms with Crippen LogP contribution in [0.4, 0.5) is 5.69 Å². The lowest BCUT2D eigenvalue weighted by Crippen LogP contribution is -2.39. The number of hydrogen-bond donors (Lipinski definition) is 1. The van der Waals surface area contributed by atoms with E-state index >= 15 is 0 Å². The van der Waals surface area contributed by atoms with E-state index in [2.05, 4.69) is 36.3 Å². The van der Waals surface area contributed by atoms with Gasteiger partial charge in [-0.25, -0.2) is 0 Å². The summed E-state index contributed by atoms with van der Waals surface area (Å²) < 4.78 is 5.22. The number of rotatable bonds is 3. The van der Waals surface area contributed by atoms with Crippen LogP contribution in [0.2, 0.25) is 0 Å². The number of likely N-dealkylation sites (N-methyl/N-ethyl adjacent to an activating group) is 1. The maximum atomic E-state index is 5.22. The van der Waals surface area contributed by atoms with E-state index in [1.54, 1.807) is 7.11 Å². The van der Waals surface area contributed by atoms with Gasteiger partial charge in [0.25, 0.3) is 0 Å². The summed E-state index contributed by atoms with van der Waals surface area (Å²) in [7, 11) is 3.90. The van der Waals surface area contributed by atoms with Crippen LogP contribution in [0, 0.1) is 6.92 Å². The monoisotopic (exact) mass is 234 g/mol. The second-order valence-corrected chi connectivity index (χ2v) is 4.93. The van der Waals surface area contributed by atoms with Crippen molar-refractivity contribution in [3.8, 4) is 5.75 Å². The number of nitrogens with zero attached hydrogens (tertiary/aromatic N) is 1. The third-order valence-electron chi connectivity index (χ3n) is 3.42. The number of piperidine rings is 1. The molecule has 0 radical (unpaired) electrons. The highest BCUT2D eigenvalue weighted by Gasteiger charge is 2.17. The van der Waals surface area contributed by atoms with Gasteiger partial charge in [0, 0.05) is 18.3 Å². The number of likely N-dealkylation sites (tertiary alicyclic amines) is 1. The fourth-order valence-corrected chi connectivity index (χ4v) is 2.43. The van der Waals surface area contributed by atoms with E-state index < -0.39 is 0 Å². The number of benzene rings is 1. The molecular weight excluding hydrogens is 212 g/mol. The zero-order chi connectivity index (χ0) is 12.3. The molecule has 3 nitrogen and oxygen atoms in total. The lowest BCUT2D eigenvalue weighted by atomic mass is 10.1. The first-order chi connectivity index (χ1) is 8.19. The normalized spacial score (nSPS) is 21.2. The Hall–Kier alpha value is -1.22. The fraction of sp³-hybridized carbons (Fsp3) is 0.571. The maximum absolute atomic E-state index is 5.22. The summed E-state index contributed by atoms with van der Waals surface area (Å²) in [5, 5.41) is 3.63.